The Kier molecular flexibility index (Phi) is 4.58. The molecule has 0 bridgehead atoms. The van der Waals surface area contributed by atoms with E-state index in [4.69, 9.17) is 4.52 Å². The molecular formula is C18H14N6O2S. The molecule has 1 aromatic carbocycles. The number of amides is 1. The van der Waals surface area contributed by atoms with Crippen LogP contribution in [-0.2, 0) is 0 Å². The second kappa shape index (κ2) is 7.34. The van der Waals surface area contributed by atoms with Crippen LogP contribution < -0.4 is 10.6 Å². The maximum absolute atomic E-state index is 12.2. The van der Waals surface area contributed by atoms with E-state index in [1.807, 2.05) is 36.6 Å². The van der Waals surface area contributed by atoms with Crippen molar-refractivity contribution < 1.29 is 9.32 Å². The van der Waals surface area contributed by atoms with Crippen LogP contribution in [0.1, 0.15) is 16.1 Å². The molecule has 8 nitrogen and oxygen atoms in total. The van der Waals surface area contributed by atoms with E-state index in [2.05, 4.69) is 31.0 Å². The summed E-state index contributed by atoms with van der Waals surface area (Å²) in [5.41, 5.74) is 3.42. The van der Waals surface area contributed by atoms with E-state index in [0.717, 1.165) is 10.8 Å². The molecule has 9 heteroatoms. The van der Waals surface area contributed by atoms with E-state index < -0.39 is 5.91 Å². The summed E-state index contributed by atoms with van der Waals surface area (Å²) in [7, 11) is 0. The minimum absolute atomic E-state index is 0.155. The Labute approximate surface area is 158 Å². The minimum atomic E-state index is -0.397. The molecule has 4 aromatic rings. The number of benzene rings is 1. The van der Waals surface area contributed by atoms with Gasteiger partial charge in [-0.2, -0.15) is 10.2 Å². The van der Waals surface area contributed by atoms with Crippen molar-refractivity contribution in [2.45, 2.75) is 6.92 Å². The van der Waals surface area contributed by atoms with Gasteiger partial charge in [0, 0.05) is 17.1 Å². The van der Waals surface area contributed by atoms with E-state index in [1.165, 1.54) is 29.3 Å². The molecule has 27 heavy (non-hydrogen) atoms. The summed E-state index contributed by atoms with van der Waals surface area (Å²) in [6.45, 7) is 2.04. The van der Waals surface area contributed by atoms with E-state index >= 15 is 0 Å². The fourth-order valence-corrected chi connectivity index (χ4v) is 2.99. The fraction of sp³-hybridized carbons (Fsp3) is 0.0556. The highest BCUT2D eigenvalue weighted by Gasteiger charge is 2.16. The number of nitrogens with one attached hydrogen (secondary N) is 2. The van der Waals surface area contributed by atoms with Crippen molar-refractivity contribution in [2.24, 2.45) is 0 Å². The van der Waals surface area contributed by atoms with Crippen LogP contribution in [0.3, 0.4) is 0 Å². The van der Waals surface area contributed by atoms with Crippen molar-refractivity contribution in [1.29, 1.82) is 0 Å². The number of carbonyl (C=O) groups excluding carboxylic acids is 1. The normalized spacial score (nSPS) is 10.6. The van der Waals surface area contributed by atoms with Crippen molar-refractivity contribution in [3.8, 4) is 11.5 Å². The van der Waals surface area contributed by atoms with Crippen LogP contribution in [0.15, 0.2) is 58.7 Å². The number of nitrogens with zero attached hydrogens (tertiary/aromatic N) is 4. The number of rotatable bonds is 5. The van der Waals surface area contributed by atoms with Crippen LogP contribution in [0.5, 0.6) is 0 Å². The molecule has 0 spiro atoms. The number of anilines is 3. The number of aromatic nitrogens is 4. The quantitative estimate of drug-likeness (QED) is 0.542. The molecule has 0 saturated carbocycles. The summed E-state index contributed by atoms with van der Waals surface area (Å²) < 4.78 is 5.27. The number of carbonyl (C=O) groups is 1. The summed E-state index contributed by atoms with van der Waals surface area (Å²) in [6, 6.07) is 11.2. The highest BCUT2D eigenvalue weighted by molar-refractivity contribution is 7.14. The number of hydrogen-bond acceptors (Lipinski definition) is 8. The molecule has 3 aromatic heterocycles. The minimum Gasteiger partial charge on any atom is -0.354 e. The lowest BCUT2D eigenvalue weighted by Gasteiger charge is -2.02. The average molecular weight is 378 g/mol. The number of aryl methyl sites for hydroxylation is 1. The second-order valence-corrected chi connectivity index (χ2v) is 6.55. The average Bonchev–Trinajstić information content (AvgIpc) is 3.34. The molecule has 0 saturated heterocycles. The molecule has 0 aliphatic carbocycles. The number of thiazole rings is 1. The topological polar surface area (TPSA) is 106 Å². The van der Waals surface area contributed by atoms with Gasteiger partial charge in [-0.1, -0.05) is 22.9 Å². The zero-order valence-electron chi connectivity index (χ0n) is 14.2. The van der Waals surface area contributed by atoms with Crippen LogP contribution in [0.25, 0.3) is 11.5 Å². The van der Waals surface area contributed by atoms with Gasteiger partial charge in [-0.15, -0.1) is 11.3 Å². The molecule has 1 amide bonds. The molecule has 0 aliphatic heterocycles. The van der Waals surface area contributed by atoms with Gasteiger partial charge >= 0.3 is 0 Å². The van der Waals surface area contributed by atoms with E-state index in [0.29, 0.717) is 17.1 Å². The Morgan fingerprint density at radius 2 is 1.96 bits per heavy atom. The van der Waals surface area contributed by atoms with Gasteiger partial charge in [-0.05, 0) is 25.1 Å². The largest absolute Gasteiger partial charge is 0.354 e. The van der Waals surface area contributed by atoms with Crippen LogP contribution >= 0.6 is 11.3 Å². The molecule has 4 rings (SSSR count). The Balaban J connectivity index is 1.46. The first-order valence-electron chi connectivity index (χ1n) is 8.02. The molecule has 0 atom stereocenters. The van der Waals surface area contributed by atoms with Gasteiger partial charge in [-0.25, -0.2) is 4.98 Å². The van der Waals surface area contributed by atoms with Gasteiger partial charge in [0.2, 0.25) is 0 Å². The predicted octanol–water partition coefficient (Wildman–Crippen LogP) is 3.89. The first-order chi connectivity index (χ1) is 13.2. The predicted molar refractivity (Wildman–Crippen MR) is 102 cm³/mol. The zero-order chi connectivity index (χ0) is 18.6. The Hall–Kier alpha value is -3.59. The monoisotopic (exact) mass is 378 g/mol. The van der Waals surface area contributed by atoms with Crippen molar-refractivity contribution in [3.05, 3.63) is 65.4 Å². The molecule has 3 heterocycles. The van der Waals surface area contributed by atoms with Gasteiger partial charge in [0.25, 0.3) is 5.91 Å². The maximum Gasteiger partial charge on any atom is 0.277 e. The van der Waals surface area contributed by atoms with E-state index in [9.17, 15) is 4.79 Å². The first kappa shape index (κ1) is 16.9. The summed E-state index contributed by atoms with van der Waals surface area (Å²) in [4.78, 5) is 16.7. The molecular weight excluding hydrogens is 364 g/mol. The lowest BCUT2D eigenvalue weighted by atomic mass is 10.2. The Morgan fingerprint density at radius 3 is 2.74 bits per heavy atom. The summed E-state index contributed by atoms with van der Waals surface area (Å²) in [6.07, 6.45) is 2.93. The maximum atomic E-state index is 12.2. The lowest BCUT2D eigenvalue weighted by molar-refractivity contribution is 0.101. The zero-order valence-corrected chi connectivity index (χ0v) is 15.0. The third kappa shape index (κ3) is 3.98. The fourth-order valence-electron chi connectivity index (χ4n) is 2.27. The molecule has 0 unspecified atom stereocenters. The van der Waals surface area contributed by atoms with Gasteiger partial charge in [0.15, 0.2) is 16.6 Å². The third-order valence-electron chi connectivity index (χ3n) is 3.64. The van der Waals surface area contributed by atoms with Crippen LogP contribution in [-0.4, -0.2) is 26.2 Å². The molecule has 2 N–H and O–H groups in total. The van der Waals surface area contributed by atoms with Crippen molar-refractivity contribution >= 4 is 33.8 Å². The highest BCUT2D eigenvalue weighted by atomic mass is 32.1. The van der Waals surface area contributed by atoms with Gasteiger partial charge in [-0.3, -0.25) is 4.79 Å². The van der Waals surface area contributed by atoms with E-state index in [-0.39, 0.29) is 5.69 Å². The smallest absolute Gasteiger partial charge is 0.277 e. The SMILES string of the molecule is Cc1ccc(Nc2nc(-c3cc(C(=O)Nc4ccnnc4)no3)cs2)cc1. The first-order valence-corrected chi connectivity index (χ1v) is 8.90. The van der Waals surface area contributed by atoms with Crippen LogP contribution in [0.2, 0.25) is 0 Å². The Morgan fingerprint density at radius 1 is 1.11 bits per heavy atom. The van der Waals surface area contributed by atoms with E-state index in [1.54, 1.807) is 12.1 Å². The van der Waals surface area contributed by atoms with Crippen LogP contribution in [0, 0.1) is 6.92 Å². The Bertz CT molecular complexity index is 1060. The molecule has 0 radical (unpaired) electrons. The summed E-state index contributed by atoms with van der Waals surface area (Å²) >= 11 is 1.44. The van der Waals surface area contributed by atoms with Gasteiger partial charge in [0.1, 0.15) is 5.69 Å². The lowest BCUT2D eigenvalue weighted by Crippen LogP contribution is -2.12. The summed E-state index contributed by atoms with van der Waals surface area (Å²) in [5, 5.41) is 19.6. The highest BCUT2D eigenvalue weighted by Crippen LogP contribution is 2.27. The third-order valence-corrected chi connectivity index (χ3v) is 4.40. The van der Waals surface area contributed by atoms with Crippen molar-refractivity contribution in [3.63, 3.8) is 0 Å². The summed E-state index contributed by atoms with van der Waals surface area (Å²) in [5.74, 6) is 0.0208. The molecule has 0 aliphatic rings. The van der Waals surface area contributed by atoms with Crippen molar-refractivity contribution in [1.82, 2.24) is 20.3 Å². The van der Waals surface area contributed by atoms with Crippen LogP contribution in [0.4, 0.5) is 16.5 Å². The van der Waals surface area contributed by atoms with Gasteiger partial charge < -0.3 is 15.2 Å². The standard InChI is InChI=1S/C18H14N6O2S/c1-11-2-4-12(5-3-11)22-18-23-15(10-27-18)16-8-14(24-26-16)17(25)21-13-6-7-19-20-9-13/h2-10H,1H3,(H,22,23)(H,19,21,25). The van der Waals surface area contributed by atoms with Crippen molar-refractivity contribution in [2.75, 3.05) is 10.6 Å². The molecule has 0 fully saturated rings. The van der Waals surface area contributed by atoms with Gasteiger partial charge in [0.05, 0.1) is 18.1 Å². The molecule has 134 valence electrons. The number of hydrogen-bond donors (Lipinski definition) is 2. The second-order valence-electron chi connectivity index (χ2n) is 5.69.